The largest absolute Gasteiger partial charge is 0.339 e. The zero-order chi connectivity index (χ0) is 20.4. The van der Waals surface area contributed by atoms with Gasteiger partial charge in [0, 0.05) is 30.0 Å². The number of sulfonamides is 1. The van der Waals surface area contributed by atoms with Gasteiger partial charge in [0.05, 0.1) is 0 Å². The van der Waals surface area contributed by atoms with Crippen LogP contribution in [0.25, 0.3) is 11.4 Å². The highest BCUT2D eigenvalue weighted by Gasteiger charge is 2.32. The number of hydrogen-bond acceptors (Lipinski definition) is 6. The molecule has 1 aromatic carbocycles. The van der Waals surface area contributed by atoms with Gasteiger partial charge in [-0.25, -0.2) is 8.42 Å². The van der Waals surface area contributed by atoms with Crippen molar-refractivity contribution in [1.29, 1.82) is 0 Å². The van der Waals surface area contributed by atoms with Crippen LogP contribution in [-0.4, -0.2) is 36.0 Å². The normalized spacial score (nSPS) is 18.2. The number of piperidine rings is 1. The average Bonchev–Trinajstić information content (AvgIpc) is 3.38. The first-order valence-corrected chi connectivity index (χ1v) is 12.2. The van der Waals surface area contributed by atoms with Gasteiger partial charge in [-0.3, -0.25) is 0 Å². The molecular formula is C21H25N3O3S2. The van der Waals surface area contributed by atoms with E-state index in [9.17, 15) is 8.42 Å². The molecule has 154 valence electrons. The Hall–Kier alpha value is -2.03. The van der Waals surface area contributed by atoms with Gasteiger partial charge < -0.3 is 4.52 Å². The zero-order valence-electron chi connectivity index (χ0n) is 16.7. The maximum Gasteiger partial charge on any atom is 0.252 e. The summed E-state index contributed by atoms with van der Waals surface area (Å²) in [5, 5.41) is 4.12. The van der Waals surface area contributed by atoms with Crippen molar-refractivity contribution < 1.29 is 12.9 Å². The first kappa shape index (κ1) is 20.3. The van der Waals surface area contributed by atoms with Crippen LogP contribution in [0, 0.1) is 12.8 Å². The maximum atomic E-state index is 13.0. The van der Waals surface area contributed by atoms with Gasteiger partial charge in [0.2, 0.25) is 11.7 Å². The van der Waals surface area contributed by atoms with Crippen molar-refractivity contribution >= 4 is 21.4 Å². The molecule has 0 N–H and O–H groups in total. The van der Waals surface area contributed by atoms with Crippen LogP contribution in [0.1, 0.15) is 36.1 Å². The third kappa shape index (κ3) is 4.29. The molecule has 0 unspecified atom stereocenters. The monoisotopic (exact) mass is 431 g/mol. The Morgan fingerprint density at radius 2 is 2.07 bits per heavy atom. The minimum absolute atomic E-state index is 0.175. The van der Waals surface area contributed by atoms with E-state index < -0.39 is 10.0 Å². The van der Waals surface area contributed by atoms with Crippen molar-refractivity contribution in [1.82, 2.24) is 14.4 Å². The molecule has 4 rings (SSSR count). The summed E-state index contributed by atoms with van der Waals surface area (Å²) in [6.07, 6.45) is 3.24. The van der Waals surface area contributed by atoms with Crippen LogP contribution < -0.4 is 0 Å². The third-order valence-electron chi connectivity index (χ3n) is 5.38. The summed E-state index contributed by atoms with van der Waals surface area (Å²) < 4.78 is 33.6. The minimum atomic E-state index is -3.43. The molecule has 8 heteroatoms. The Labute approximate surface area is 175 Å². The van der Waals surface area contributed by atoms with E-state index in [0.717, 1.165) is 35.3 Å². The lowest BCUT2D eigenvalue weighted by Crippen LogP contribution is -2.40. The van der Waals surface area contributed by atoms with E-state index in [1.165, 1.54) is 11.3 Å². The zero-order valence-corrected chi connectivity index (χ0v) is 18.3. The SMILES string of the molecule is CCc1ccc(S(=O)(=O)N2CCC[C@H](Cc3nc(-c4ccccc4C)no3)C2)s1. The minimum Gasteiger partial charge on any atom is -0.339 e. The van der Waals surface area contributed by atoms with Crippen LogP contribution >= 0.6 is 11.3 Å². The second kappa shape index (κ2) is 8.38. The number of hydrogen-bond donors (Lipinski definition) is 0. The molecule has 1 aliphatic heterocycles. The summed E-state index contributed by atoms with van der Waals surface area (Å²) in [6.45, 7) is 5.11. The Morgan fingerprint density at radius 1 is 1.24 bits per heavy atom. The summed E-state index contributed by atoms with van der Waals surface area (Å²) in [5.74, 6) is 1.33. The highest BCUT2D eigenvalue weighted by molar-refractivity contribution is 7.91. The molecule has 0 amide bonds. The van der Waals surface area contributed by atoms with Crippen LogP contribution in [0.5, 0.6) is 0 Å². The summed E-state index contributed by atoms with van der Waals surface area (Å²) >= 11 is 1.37. The van der Waals surface area contributed by atoms with Crippen LogP contribution in [-0.2, 0) is 22.9 Å². The Bertz CT molecular complexity index is 1090. The fourth-order valence-corrected chi connectivity index (χ4v) is 6.75. The topological polar surface area (TPSA) is 76.3 Å². The molecule has 0 bridgehead atoms. The molecular weight excluding hydrogens is 406 g/mol. The van der Waals surface area contributed by atoms with Crippen LogP contribution in [0.3, 0.4) is 0 Å². The van der Waals surface area contributed by atoms with Gasteiger partial charge in [-0.2, -0.15) is 9.29 Å². The van der Waals surface area contributed by atoms with Gasteiger partial charge in [-0.15, -0.1) is 11.3 Å². The predicted molar refractivity (Wildman–Crippen MR) is 113 cm³/mol. The van der Waals surface area contributed by atoms with Gasteiger partial charge in [-0.1, -0.05) is 36.3 Å². The summed E-state index contributed by atoms with van der Waals surface area (Å²) in [4.78, 5) is 5.64. The van der Waals surface area contributed by atoms with Gasteiger partial charge in [0.1, 0.15) is 4.21 Å². The third-order valence-corrected chi connectivity index (χ3v) is 8.94. The molecule has 6 nitrogen and oxygen atoms in total. The van der Waals surface area contributed by atoms with Crippen molar-refractivity contribution in [3.05, 3.63) is 52.7 Å². The van der Waals surface area contributed by atoms with E-state index in [1.54, 1.807) is 10.4 Å². The van der Waals surface area contributed by atoms with E-state index in [1.807, 2.05) is 44.2 Å². The molecule has 0 aliphatic carbocycles. The first-order chi connectivity index (χ1) is 14.0. The summed E-state index contributed by atoms with van der Waals surface area (Å²) in [7, 11) is -3.43. The molecule has 0 saturated carbocycles. The standard InChI is InChI=1S/C21H25N3O3S2/c1-3-17-10-11-20(28-17)29(25,26)24-12-6-8-16(14-24)13-19-22-21(23-27-19)18-9-5-4-7-15(18)2/h4-5,7,9-11,16H,3,6,8,12-14H2,1-2H3/t16-/m1/s1. The van der Waals surface area contributed by atoms with Crippen LogP contribution in [0.2, 0.25) is 0 Å². The molecule has 1 saturated heterocycles. The number of aromatic nitrogens is 2. The van der Waals surface area contributed by atoms with Crippen molar-refractivity contribution in [3.8, 4) is 11.4 Å². The lowest BCUT2D eigenvalue weighted by atomic mass is 9.96. The number of benzene rings is 1. The molecule has 0 radical (unpaired) electrons. The number of nitrogens with zero attached hydrogens (tertiary/aromatic N) is 3. The van der Waals surface area contributed by atoms with Gasteiger partial charge >= 0.3 is 0 Å². The Balaban J connectivity index is 1.46. The smallest absolute Gasteiger partial charge is 0.252 e. The van der Waals surface area contributed by atoms with Gasteiger partial charge in [-0.05, 0) is 49.8 Å². The maximum absolute atomic E-state index is 13.0. The van der Waals surface area contributed by atoms with Crippen molar-refractivity contribution in [2.45, 2.75) is 43.7 Å². The predicted octanol–water partition coefficient (Wildman–Crippen LogP) is 4.31. The van der Waals surface area contributed by atoms with Crippen LogP contribution in [0.15, 0.2) is 45.1 Å². The van der Waals surface area contributed by atoms with Crippen molar-refractivity contribution in [2.24, 2.45) is 5.92 Å². The molecule has 3 heterocycles. The molecule has 0 spiro atoms. The fourth-order valence-electron chi connectivity index (χ4n) is 3.74. The van der Waals surface area contributed by atoms with Gasteiger partial charge in [0.15, 0.2) is 0 Å². The quantitative estimate of drug-likeness (QED) is 0.581. The molecule has 3 aromatic rings. The average molecular weight is 432 g/mol. The molecule has 1 aliphatic rings. The fraction of sp³-hybridized carbons (Fsp3) is 0.429. The molecule has 1 atom stereocenters. The second-order valence-electron chi connectivity index (χ2n) is 7.48. The highest BCUT2D eigenvalue weighted by atomic mass is 32.2. The highest BCUT2D eigenvalue weighted by Crippen LogP contribution is 2.30. The van der Waals surface area contributed by atoms with E-state index in [0.29, 0.717) is 35.4 Å². The van der Waals surface area contributed by atoms with Crippen LogP contribution in [0.4, 0.5) is 0 Å². The Morgan fingerprint density at radius 3 is 2.83 bits per heavy atom. The second-order valence-corrected chi connectivity index (χ2v) is 10.8. The number of rotatable bonds is 6. The van der Waals surface area contributed by atoms with Crippen molar-refractivity contribution in [2.75, 3.05) is 13.1 Å². The summed E-state index contributed by atoms with van der Waals surface area (Å²) in [5.41, 5.74) is 2.05. The molecule has 29 heavy (non-hydrogen) atoms. The van der Waals surface area contributed by atoms with Crippen molar-refractivity contribution in [3.63, 3.8) is 0 Å². The van der Waals surface area contributed by atoms with E-state index in [-0.39, 0.29) is 5.92 Å². The van der Waals surface area contributed by atoms with E-state index in [2.05, 4.69) is 10.1 Å². The molecule has 1 fully saturated rings. The first-order valence-electron chi connectivity index (χ1n) is 9.95. The summed E-state index contributed by atoms with van der Waals surface area (Å²) in [6, 6.07) is 11.6. The van der Waals surface area contributed by atoms with E-state index in [4.69, 9.17) is 4.52 Å². The lowest BCUT2D eigenvalue weighted by Gasteiger charge is -2.30. The van der Waals surface area contributed by atoms with Gasteiger partial charge in [0.25, 0.3) is 10.0 Å². The van der Waals surface area contributed by atoms with E-state index >= 15 is 0 Å². The Kier molecular flexibility index (Phi) is 5.85. The number of aryl methyl sites for hydroxylation is 2. The molecule has 2 aromatic heterocycles. The lowest BCUT2D eigenvalue weighted by molar-refractivity contribution is 0.247. The number of thiophene rings is 1.